The number of nitrogens with zero attached hydrogens (tertiary/aromatic N) is 2. The van der Waals surface area contributed by atoms with Gasteiger partial charge in [-0.25, -0.2) is 4.79 Å². The van der Waals surface area contributed by atoms with Crippen molar-refractivity contribution < 1.29 is 9.53 Å². The fourth-order valence-electron chi connectivity index (χ4n) is 3.89. The topological polar surface area (TPSA) is 44.1 Å². The Balaban J connectivity index is 2.17. The SMILES string of the molecule is CCOC(=O)c1ccc2c(c1)c1c(C)c3ccncc3c(C)c1n2C. The Labute approximate surface area is 146 Å². The van der Waals surface area contributed by atoms with Gasteiger partial charge in [-0.2, -0.15) is 0 Å². The summed E-state index contributed by atoms with van der Waals surface area (Å²) in [6.45, 7) is 6.47. The molecule has 4 heteroatoms. The number of aryl methyl sites for hydroxylation is 3. The van der Waals surface area contributed by atoms with Crippen LogP contribution in [0.4, 0.5) is 0 Å². The van der Waals surface area contributed by atoms with Gasteiger partial charge in [0.1, 0.15) is 0 Å². The van der Waals surface area contributed by atoms with Crippen LogP contribution < -0.4 is 0 Å². The van der Waals surface area contributed by atoms with Crippen LogP contribution in [0.15, 0.2) is 36.7 Å². The molecule has 4 rings (SSSR count). The van der Waals surface area contributed by atoms with Crippen LogP contribution in [0, 0.1) is 13.8 Å². The van der Waals surface area contributed by atoms with Gasteiger partial charge in [0.2, 0.25) is 0 Å². The lowest BCUT2D eigenvalue weighted by Crippen LogP contribution is -2.04. The second-order valence-electron chi connectivity index (χ2n) is 6.41. The van der Waals surface area contributed by atoms with Crippen molar-refractivity contribution in [3.63, 3.8) is 0 Å². The van der Waals surface area contributed by atoms with Gasteiger partial charge in [-0.15, -0.1) is 0 Å². The molecule has 2 aromatic heterocycles. The van der Waals surface area contributed by atoms with Crippen molar-refractivity contribution in [2.75, 3.05) is 6.61 Å². The maximum absolute atomic E-state index is 12.2. The van der Waals surface area contributed by atoms with Crippen molar-refractivity contribution in [1.29, 1.82) is 0 Å². The number of rotatable bonds is 2. The zero-order valence-electron chi connectivity index (χ0n) is 14.9. The zero-order chi connectivity index (χ0) is 17.7. The summed E-state index contributed by atoms with van der Waals surface area (Å²) in [4.78, 5) is 16.5. The Hall–Kier alpha value is -2.88. The van der Waals surface area contributed by atoms with E-state index in [1.54, 1.807) is 0 Å². The van der Waals surface area contributed by atoms with Gasteiger partial charge in [-0.1, -0.05) is 0 Å². The molecule has 0 unspecified atom stereocenters. The number of benzene rings is 2. The Morgan fingerprint density at radius 1 is 1.12 bits per heavy atom. The lowest BCUT2D eigenvalue weighted by atomic mass is 9.96. The van der Waals surface area contributed by atoms with E-state index in [-0.39, 0.29) is 5.97 Å². The normalized spacial score (nSPS) is 11.5. The van der Waals surface area contributed by atoms with E-state index in [1.165, 1.54) is 32.8 Å². The molecule has 0 aliphatic carbocycles. The maximum atomic E-state index is 12.2. The standard InChI is InChI=1S/C21H20N2O2/c1-5-25-21(24)14-6-7-18-16(10-14)19-12(2)15-8-9-22-11-17(15)13(3)20(19)23(18)4/h6-11H,5H2,1-4H3. The first-order valence-corrected chi connectivity index (χ1v) is 8.46. The third kappa shape index (κ3) is 2.14. The molecule has 0 saturated carbocycles. The summed E-state index contributed by atoms with van der Waals surface area (Å²) in [5.41, 5.74) is 5.31. The fraction of sp³-hybridized carbons (Fsp3) is 0.238. The molecule has 0 bridgehead atoms. The van der Waals surface area contributed by atoms with Crippen LogP contribution >= 0.6 is 0 Å². The third-order valence-electron chi connectivity index (χ3n) is 5.07. The summed E-state index contributed by atoms with van der Waals surface area (Å²) in [6.07, 6.45) is 3.76. The smallest absolute Gasteiger partial charge is 0.338 e. The molecule has 0 radical (unpaired) electrons. The van der Waals surface area contributed by atoms with Crippen molar-refractivity contribution in [1.82, 2.24) is 9.55 Å². The molecule has 0 N–H and O–H groups in total. The lowest BCUT2D eigenvalue weighted by Gasteiger charge is -2.10. The lowest BCUT2D eigenvalue weighted by molar-refractivity contribution is 0.0526. The van der Waals surface area contributed by atoms with E-state index >= 15 is 0 Å². The second-order valence-corrected chi connectivity index (χ2v) is 6.41. The zero-order valence-corrected chi connectivity index (χ0v) is 14.9. The first-order chi connectivity index (χ1) is 12.0. The van der Waals surface area contributed by atoms with E-state index in [1.807, 2.05) is 37.5 Å². The van der Waals surface area contributed by atoms with Crippen LogP contribution in [0.25, 0.3) is 32.6 Å². The number of fused-ring (bicyclic) bond motifs is 4. The predicted octanol–water partition coefficient (Wildman–Crippen LogP) is 4.67. The molecule has 2 aromatic carbocycles. The molecule has 0 saturated heterocycles. The van der Waals surface area contributed by atoms with E-state index in [0.29, 0.717) is 12.2 Å². The number of ether oxygens (including phenoxy) is 1. The van der Waals surface area contributed by atoms with Gasteiger partial charge in [-0.05, 0) is 61.5 Å². The van der Waals surface area contributed by atoms with Crippen molar-refractivity contribution in [3.05, 3.63) is 53.3 Å². The third-order valence-corrected chi connectivity index (χ3v) is 5.07. The highest BCUT2D eigenvalue weighted by Crippen LogP contribution is 2.38. The molecule has 0 fully saturated rings. The largest absolute Gasteiger partial charge is 0.462 e. The Bertz CT molecular complexity index is 1160. The number of carbonyl (C=O) groups excluding carboxylic acids is 1. The molecule has 0 spiro atoms. The monoisotopic (exact) mass is 332 g/mol. The molecule has 0 amide bonds. The second kappa shape index (κ2) is 5.59. The van der Waals surface area contributed by atoms with E-state index in [4.69, 9.17) is 4.74 Å². The molecule has 126 valence electrons. The molecule has 0 aliphatic rings. The van der Waals surface area contributed by atoms with Gasteiger partial charge >= 0.3 is 5.97 Å². The van der Waals surface area contributed by atoms with Crippen molar-refractivity contribution >= 4 is 38.5 Å². The summed E-state index contributed by atoms with van der Waals surface area (Å²) in [5, 5.41) is 4.65. The summed E-state index contributed by atoms with van der Waals surface area (Å²) in [5.74, 6) is -0.277. The summed E-state index contributed by atoms with van der Waals surface area (Å²) in [6, 6.07) is 7.86. The van der Waals surface area contributed by atoms with E-state index in [9.17, 15) is 4.79 Å². The number of aromatic nitrogens is 2. The molecular formula is C21H20N2O2. The highest BCUT2D eigenvalue weighted by molar-refractivity contribution is 6.17. The van der Waals surface area contributed by atoms with Crippen LogP contribution in [0.5, 0.6) is 0 Å². The summed E-state index contributed by atoms with van der Waals surface area (Å²) >= 11 is 0. The minimum absolute atomic E-state index is 0.277. The van der Waals surface area contributed by atoms with Crippen LogP contribution in [-0.4, -0.2) is 22.1 Å². The molecular weight excluding hydrogens is 312 g/mol. The molecule has 4 nitrogen and oxygen atoms in total. The van der Waals surface area contributed by atoms with Crippen LogP contribution in [0.1, 0.15) is 28.4 Å². The number of pyridine rings is 1. The summed E-state index contributed by atoms with van der Waals surface area (Å²) < 4.78 is 7.37. The molecule has 0 atom stereocenters. The van der Waals surface area contributed by atoms with Gasteiger partial charge in [0.25, 0.3) is 0 Å². The van der Waals surface area contributed by atoms with Crippen LogP contribution in [0.2, 0.25) is 0 Å². The minimum Gasteiger partial charge on any atom is -0.462 e. The van der Waals surface area contributed by atoms with Gasteiger partial charge in [0.15, 0.2) is 0 Å². The summed E-state index contributed by atoms with van der Waals surface area (Å²) in [7, 11) is 2.07. The Kier molecular flexibility index (Phi) is 3.49. The van der Waals surface area contributed by atoms with Crippen molar-refractivity contribution in [2.24, 2.45) is 7.05 Å². The maximum Gasteiger partial charge on any atom is 0.338 e. The van der Waals surface area contributed by atoms with E-state index in [2.05, 4.69) is 36.5 Å². The minimum atomic E-state index is -0.277. The average molecular weight is 332 g/mol. The number of hydrogen-bond donors (Lipinski definition) is 0. The fourth-order valence-corrected chi connectivity index (χ4v) is 3.89. The number of esters is 1. The van der Waals surface area contributed by atoms with Gasteiger partial charge < -0.3 is 9.30 Å². The highest BCUT2D eigenvalue weighted by Gasteiger charge is 2.18. The number of hydrogen-bond acceptors (Lipinski definition) is 3. The van der Waals surface area contributed by atoms with Crippen LogP contribution in [0.3, 0.4) is 0 Å². The molecule has 25 heavy (non-hydrogen) atoms. The predicted molar refractivity (Wildman–Crippen MR) is 101 cm³/mol. The Morgan fingerprint density at radius 3 is 2.68 bits per heavy atom. The van der Waals surface area contributed by atoms with E-state index in [0.717, 1.165) is 10.9 Å². The van der Waals surface area contributed by atoms with Crippen molar-refractivity contribution in [2.45, 2.75) is 20.8 Å². The number of carbonyl (C=O) groups is 1. The van der Waals surface area contributed by atoms with Gasteiger partial charge in [-0.3, -0.25) is 4.98 Å². The molecule has 0 aliphatic heterocycles. The van der Waals surface area contributed by atoms with E-state index < -0.39 is 0 Å². The highest BCUT2D eigenvalue weighted by atomic mass is 16.5. The molecule has 4 aromatic rings. The first-order valence-electron chi connectivity index (χ1n) is 8.46. The van der Waals surface area contributed by atoms with Gasteiger partial charge in [0, 0.05) is 41.1 Å². The molecule has 2 heterocycles. The van der Waals surface area contributed by atoms with Crippen LogP contribution in [-0.2, 0) is 11.8 Å². The first kappa shape index (κ1) is 15.6. The van der Waals surface area contributed by atoms with Gasteiger partial charge in [0.05, 0.1) is 17.7 Å². The Morgan fingerprint density at radius 2 is 1.92 bits per heavy atom. The van der Waals surface area contributed by atoms with Crippen molar-refractivity contribution in [3.8, 4) is 0 Å². The quantitative estimate of drug-likeness (QED) is 0.501. The average Bonchev–Trinajstić information content (AvgIpc) is 2.92.